The number of nitrogens with zero attached hydrogens (tertiary/aromatic N) is 1. The lowest BCUT2D eigenvalue weighted by atomic mass is 9.82. The molecule has 1 amide bonds. The number of anilines is 1. The predicted octanol–water partition coefficient (Wildman–Crippen LogP) is 3.07. The third kappa shape index (κ3) is 4.36. The van der Waals surface area contributed by atoms with E-state index < -0.39 is 0 Å². The van der Waals surface area contributed by atoms with E-state index in [1.54, 1.807) is 0 Å². The van der Waals surface area contributed by atoms with Crippen LogP contribution in [0, 0.1) is 11.8 Å². The minimum absolute atomic E-state index is 0.0254. The number of hydrazine groups is 1. The number of hydrogen-bond acceptors (Lipinski definition) is 3. The zero-order valence-corrected chi connectivity index (χ0v) is 13.9. The molecule has 2 unspecified atom stereocenters. The number of carbonyl (C=O) groups excluding carboxylic acids is 1. The van der Waals surface area contributed by atoms with Gasteiger partial charge in [-0.15, -0.1) is 0 Å². The summed E-state index contributed by atoms with van der Waals surface area (Å²) in [6.45, 7) is 1.68. The molecule has 0 bridgehead atoms. The van der Waals surface area contributed by atoms with Gasteiger partial charge in [0, 0.05) is 24.7 Å². The van der Waals surface area contributed by atoms with Gasteiger partial charge in [0.1, 0.15) is 0 Å². The number of benzene rings is 2. The van der Waals surface area contributed by atoms with Crippen molar-refractivity contribution in [3.63, 3.8) is 0 Å². The summed E-state index contributed by atoms with van der Waals surface area (Å²) in [5.74, 6) is 0.0997. The van der Waals surface area contributed by atoms with Gasteiger partial charge < -0.3 is 11.2 Å². The fourth-order valence-corrected chi connectivity index (χ4v) is 3.49. The molecule has 0 aromatic heterocycles. The van der Waals surface area contributed by atoms with Crippen LogP contribution in [-0.4, -0.2) is 24.0 Å². The van der Waals surface area contributed by atoms with Crippen LogP contribution in [0.1, 0.15) is 18.4 Å². The van der Waals surface area contributed by atoms with E-state index in [0.717, 1.165) is 38.0 Å². The van der Waals surface area contributed by atoms with E-state index in [2.05, 4.69) is 46.8 Å². The molecule has 1 heterocycles. The first-order chi connectivity index (χ1) is 11.7. The summed E-state index contributed by atoms with van der Waals surface area (Å²) in [5, 5.41) is 2.21. The minimum Gasteiger partial charge on any atom is -0.369 e. The van der Waals surface area contributed by atoms with Gasteiger partial charge in [-0.25, -0.2) is 5.01 Å². The van der Waals surface area contributed by atoms with E-state index in [-0.39, 0.29) is 17.7 Å². The molecule has 3 rings (SSSR count). The Morgan fingerprint density at radius 3 is 2.42 bits per heavy atom. The number of rotatable bonds is 6. The van der Waals surface area contributed by atoms with Crippen molar-refractivity contribution in [2.75, 3.05) is 18.5 Å². The molecule has 0 spiro atoms. The molecule has 4 nitrogen and oxygen atoms in total. The van der Waals surface area contributed by atoms with Gasteiger partial charge in [-0.05, 0) is 42.9 Å². The summed E-state index contributed by atoms with van der Waals surface area (Å²) < 4.78 is 0. The summed E-state index contributed by atoms with van der Waals surface area (Å²) >= 11 is 0. The van der Waals surface area contributed by atoms with Crippen LogP contribution in [0.15, 0.2) is 60.7 Å². The second kappa shape index (κ2) is 7.97. The van der Waals surface area contributed by atoms with Crippen molar-refractivity contribution in [2.45, 2.75) is 19.3 Å². The average molecular weight is 323 g/mol. The maximum absolute atomic E-state index is 11.8. The van der Waals surface area contributed by atoms with Gasteiger partial charge in [0.2, 0.25) is 5.91 Å². The lowest BCUT2D eigenvalue weighted by molar-refractivity contribution is -0.125. The maximum atomic E-state index is 11.8. The summed E-state index contributed by atoms with van der Waals surface area (Å²) in [6, 6.07) is 20.6. The van der Waals surface area contributed by atoms with Crippen LogP contribution in [-0.2, 0) is 11.2 Å². The summed E-state index contributed by atoms with van der Waals surface area (Å²) in [6.07, 6.45) is 2.77. The molecule has 1 fully saturated rings. The van der Waals surface area contributed by atoms with Crippen molar-refractivity contribution in [1.82, 2.24) is 5.01 Å². The first-order valence-electron chi connectivity index (χ1n) is 8.62. The van der Waals surface area contributed by atoms with Gasteiger partial charge in [-0.3, -0.25) is 4.79 Å². The van der Waals surface area contributed by atoms with Crippen molar-refractivity contribution in [2.24, 2.45) is 17.6 Å². The van der Waals surface area contributed by atoms with Crippen molar-refractivity contribution < 1.29 is 4.79 Å². The van der Waals surface area contributed by atoms with Crippen LogP contribution < -0.4 is 11.2 Å². The largest absolute Gasteiger partial charge is 0.369 e. The molecule has 1 aliphatic heterocycles. The molecular formula is C20H25N3O. The van der Waals surface area contributed by atoms with E-state index in [1.807, 2.05) is 24.3 Å². The zero-order valence-electron chi connectivity index (χ0n) is 13.9. The number of nitrogens with two attached hydrogens (primary N) is 1. The lowest BCUT2D eigenvalue weighted by Crippen LogP contribution is -2.47. The van der Waals surface area contributed by atoms with E-state index in [1.165, 1.54) is 5.56 Å². The minimum atomic E-state index is -0.160. The van der Waals surface area contributed by atoms with Crippen LogP contribution in [0.25, 0.3) is 0 Å². The number of nitrogens with one attached hydrogen (secondary N) is 1. The van der Waals surface area contributed by atoms with Crippen LogP contribution in [0.5, 0.6) is 0 Å². The van der Waals surface area contributed by atoms with Gasteiger partial charge in [0.25, 0.3) is 0 Å². The molecule has 126 valence electrons. The number of piperidine rings is 1. The van der Waals surface area contributed by atoms with Crippen molar-refractivity contribution in [1.29, 1.82) is 0 Å². The molecule has 0 radical (unpaired) electrons. The highest BCUT2D eigenvalue weighted by atomic mass is 16.1. The lowest BCUT2D eigenvalue weighted by Gasteiger charge is -2.37. The number of hydrogen-bond donors (Lipinski definition) is 2. The SMILES string of the molecule is NC(=O)C1CCN(Nc2ccccc2)CC1CCc1ccccc1. The molecule has 2 aromatic rings. The Morgan fingerprint density at radius 2 is 1.75 bits per heavy atom. The molecule has 0 saturated carbocycles. The van der Waals surface area contributed by atoms with Gasteiger partial charge in [0.05, 0.1) is 0 Å². The number of primary amides is 1. The molecule has 2 aromatic carbocycles. The van der Waals surface area contributed by atoms with Gasteiger partial charge >= 0.3 is 0 Å². The zero-order chi connectivity index (χ0) is 16.8. The third-order valence-corrected chi connectivity index (χ3v) is 4.81. The van der Waals surface area contributed by atoms with Crippen molar-refractivity contribution >= 4 is 11.6 Å². The highest BCUT2D eigenvalue weighted by Crippen LogP contribution is 2.28. The molecule has 2 atom stereocenters. The van der Waals surface area contributed by atoms with Crippen LogP contribution in [0.4, 0.5) is 5.69 Å². The Balaban J connectivity index is 1.62. The van der Waals surface area contributed by atoms with E-state index >= 15 is 0 Å². The Labute approximate surface area is 143 Å². The Hall–Kier alpha value is -2.33. The van der Waals surface area contributed by atoms with E-state index in [4.69, 9.17) is 5.73 Å². The highest BCUT2D eigenvalue weighted by molar-refractivity contribution is 5.77. The van der Waals surface area contributed by atoms with Crippen LogP contribution >= 0.6 is 0 Å². The normalized spacial score (nSPS) is 21.3. The fraction of sp³-hybridized carbons (Fsp3) is 0.350. The average Bonchev–Trinajstić information content (AvgIpc) is 2.61. The predicted molar refractivity (Wildman–Crippen MR) is 97.2 cm³/mol. The number of aryl methyl sites for hydroxylation is 1. The topological polar surface area (TPSA) is 58.4 Å². The van der Waals surface area contributed by atoms with Crippen molar-refractivity contribution in [3.8, 4) is 0 Å². The maximum Gasteiger partial charge on any atom is 0.220 e. The Kier molecular flexibility index (Phi) is 5.49. The van der Waals surface area contributed by atoms with Gasteiger partial charge in [-0.2, -0.15) is 0 Å². The quantitative estimate of drug-likeness (QED) is 0.859. The molecule has 24 heavy (non-hydrogen) atoms. The Morgan fingerprint density at radius 1 is 1.08 bits per heavy atom. The van der Waals surface area contributed by atoms with Crippen molar-refractivity contribution in [3.05, 3.63) is 66.2 Å². The monoisotopic (exact) mass is 323 g/mol. The summed E-state index contributed by atoms with van der Waals surface area (Å²) in [5.41, 5.74) is 11.5. The fourth-order valence-electron chi connectivity index (χ4n) is 3.49. The van der Waals surface area contributed by atoms with Crippen LogP contribution in [0.2, 0.25) is 0 Å². The van der Waals surface area contributed by atoms with Gasteiger partial charge in [0.15, 0.2) is 0 Å². The molecule has 1 aliphatic rings. The highest BCUT2D eigenvalue weighted by Gasteiger charge is 2.32. The number of para-hydroxylation sites is 1. The summed E-state index contributed by atoms with van der Waals surface area (Å²) in [4.78, 5) is 11.8. The van der Waals surface area contributed by atoms with Crippen LogP contribution in [0.3, 0.4) is 0 Å². The molecule has 0 aliphatic carbocycles. The molecular weight excluding hydrogens is 298 g/mol. The van der Waals surface area contributed by atoms with E-state index in [9.17, 15) is 4.79 Å². The standard InChI is InChI=1S/C20H25N3O/c21-20(24)19-13-14-23(22-18-9-5-2-6-10-18)15-17(19)12-11-16-7-3-1-4-8-16/h1-10,17,19,22H,11-15H2,(H2,21,24). The number of amides is 1. The molecule has 4 heteroatoms. The third-order valence-electron chi connectivity index (χ3n) is 4.81. The van der Waals surface area contributed by atoms with Gasteiger partial charge in [-0.1, -0.05) is 48.5 Å². The summed E-state index contributed by atoms with van der Waals surface area (Å²) in [7, 11) is 0. The Bertz CT molecular complexity index is 644. The smallest absolute Gasteiger partial charge is 0.220 e. The first-order valence-corrected chi connectivity index (χ1v) is 8.62. The molecule has 3 N–H and O–H groups in total. The number of carbonyl (C=O) groups is 1. The second-order valence-corrected chi connectivity index (χ2v) is 6.51. The van der Waals surface area contributed by atoms with E-state index in [0.29, 0.717) is 0 Å². The molecule has 1 saturated heterocycles. The second-order valence-electron chi connectivity index (χ2n) is 6.51. The first kappa shape index (κ1) is 16.5.